The molecule has 0 amide bonds. The predicted molar refractivity (Wildman–Crippen MR) is 156 cm³/mol. The average Bonchev–Trinajstić information content (AvgIpc) is 2.95. The molecule has 0 aromatic carbocycles. The van der Waals surface area contributed by atoms with Crippen molar-refractivity contribution in [2.45, 2.75) is 141 Å². The van der Waals surface area contributed by atoms with Gasteiger partial charge in [-0.05, 0) is 19.3 Å². The molecule has 0 aliphatic heterocycles. The quantitative estimate of drug-likeness (QED) is 0.0650. The Morgan fingerprint density at radius 3 is 1.56 bits per heavy atom. The molecular weight excluding hydrogens is 536 g/mol. The van der Waals surface area contributed by atoms with E-state index in [4.69, 9.17) is 19.7 Å². The van der Waals surface area contributed by atoms with Gasteiger partial charge in [-0.1, -0.05) is 84.0 Å². The van der Waals surface area contributed by atoms with E-state index in [1.807, 2.05) is 0 Å². The summed E-state index contributed by atoms with van der Waals surface area (Å²) >= 11 is 0. The van der Waals surface area contributed by atoms with Gasteiger partial charge in [-0.2, -0.15) is 0 Å². The number of carbonyl (C=O) groups excluding carboxylic acids is 3. The Morgan fingerprint density at radius 1 is 0.683 bits per heavy atom. The number of carbonyl (C=O) groups is 4. The molecule has 6 N–H and O–H groups in total. The zero-order valence-electron chi connectivity index (χ0n) is 25.0. The van der Waals surface area contributed by atoms with E-state index in [9.17, 15) is 29.4 Å². The van der Waals surface area contributed by atoms with Gasteiger partial charge in [0.05, 0.1) is 6.61 Å². The summed E-state index contributed by atoms with van der Waals surface area (Å²) in [6.07, 6.45) is 9.97. The number of ether oxygens (including phenoxy) is 2. The van der Waals surface area contributed by atoms with Crippen LogP contribution in [-0.2, 0) is 28.7 Å². The molecule has 0 radical (unpaired) electrons. The van der Waals surface area contributed by atoms with Gasteiger partial charge < -0.3 is 35.4 Å². The average molecular weight is 593 g/mol. The van der Waals surface area contributed by atoms with Gasteiger partial charge in [0.2, 0.25) is 5.78 Å². The fourth-order valence-electron chi connectivity index (χ4n) is 3.97. The molecule has 242 valence electrons. The molecular formula is C30H56O11. The van der Waals surface area contributed by atoms with E-state index in [0.717, 1.165) is 19.3 Å². The molecule has 0 spiro atoms. The Labute approximate surface area is 245 Å². The molecule has 0 bridgehead atoms. The number of rotatable bonds is 26. The Balaban J connectivity index is -0.00000470. The Morgan fingerprint density at radius 2 is 1.10 bits per heavy atom. The number of esters is 2. The molecule has 11 nitrogen and oxygen atoms in total. The van der Waals surface area contributed by atoms with E-state index >= 15 is 0 Å². The maximum atomic E-state index is 12.5. The minimum atomic E-state index is -1.88. The van der Waals surface area contributed by atoms with E-state index in [1.54, 1.807) is 0 Å². The van der Waals surface area contributed by atoms with Crippen LogP contribution in [0.5, 0.6) is 0 Å². The highest BCUT2D eigenvalue weighted by atomic mass is 16.6. The van der Waals surface area contributed by atoms with E-state index in [1.165, 1.54) is 57.8 Å². The molecule has 41 heavy (non-hydrogen) atoms. The third kappa shape index (κ3) is 26.3. The summed E-state index contributed by atoms with van der Waals surface area (Å²) in [6.45, 7) is 6.57. The smallest absolute Gasteiger partial charge is 0.306 e. The summed E-state index contributed by atoms with van der Waals surface area (Å²) in [4.78, 5) is 47.0. The van der Waals surface area contributed by atoms with Crippen LogP contribution in [0.15, 0.2) is 13.2 Å². The third-order valence-corrected chi connectivity index (χ3v) is 6.35. The summed E-state index contributed by atoms with van der Waals surface area (Å²) in [5.74, 6) is -3.37. The van der Waals surface area contributed by atoms with Crippen molar-refractivity contribution in [3.63, 3.8) is 0 Å². The molecule has 0 aliphatic rings. The number of Topliss-reactive ketones (excluding diaryl/α,β-unsaturated/α-hetero) is 1. The molecule has 3 atom stereocenters. The van der Waals surface area contributed by atoms with Crippen LogP contribution in [-0.4, -0.2) is 81.1 Å². The van der Waals surface area contributed by atoms with Crippen molar-refractivity contribution in [1.29, 1.82) is 0 Å². The van der Waals surface area contributed by atoms with Gasteiger partial charge in [-0.25, -0.2) is 0 Å². The predicted octanol–water partition coefficient (Wildman–Crippen LogP) is 3.83. The van der Waals surface area contributed by atoms with Gasteiger partial charge in [0, 0.05) is 19.3 Å². The van der Waals surface area contributed by atoms with Gasteiger partial charge in [0.15, 0.2) is 12.7 Å². The molecule has 0 heterocycles. The fraction of sp³-hybridized carbons (Fsp3) is 0.800. The maximum Gasteiger partial charge on any atom is 0.306 e. The number of unbranched alkanes of at least 4 members (excludes halogenated alkanes) is 13. The Bertz CT molecular complexity index is 669. The maximum absolute atomic E-state index is 12.5. The van der Waals surface area contributed by atoms with Crippen molar-refractivity contribution in [3.8, 4) is 0 Å². The van der Waals surface area contributed by atoms with Crippen molar-refractivity contribution in [3.05, 3.63) is 13.2 Å². The molecule has 0 saturated heterocycles. The number of carboxylic acids is 1. The first kappa shape index (κ1) is 43.1. The van der Waals surface area contributed by atoms with E-state index in [0.29, 0.717) is 6.42 Å². The second-order valence-electron chi connectivity index (χ2n) is 9.87. The standard InChI is InChI=1S/C28H50O10.C2H4.H2O/c1-2-3-4-5-6-7-8-9-10-11-12-13-14-19-26(35)38-28(27(36)22(30)20-29)23(31)21-37-25(34)18-16-15-17-24(32)33;1-2;/h22,27-30,36H,2-21H2,1H3,(H,32,33);1-2H2;1H2/t22-,27+,28+;;/m1../s1. The summed E-state index contributed by atoms with van der Waals surface area (Å²) in [6, 6.07) is 0. The van der Waals surface area contributed by atoms with Crippen LogP contribution in [0.4, 0.5) is 0 Å². The second-order valence-corrected chi connectivity index (χ2v) is 9.87. The van der Waals surface area contributed by atoms with Crippen LogP contribution in [0.25, 0.3) is 0 Å². The topological polar surface area (TPSA) is 199 Å². The van der Waals surface area contributed by atoms with Crippen LogP contribution in [0.3, 0.4) is 0 Å². The molecule has 0 aromatic rings. The summed E-state index contributed by atoms with van der Waals surface area (Å²) in [5, 5.41) is 37.6. The van der Waals surface area contributed by atoms with Crippen molar-refractivity contribution < 1.29 is 54.6 Å². The molecule has 0 unspecified atom stereocenters. The molecule has 0 fully saturated rings. The number of hydrogen-bond donors (Lipinski definition) is 4. The van der Waals surface area contributed by atoms with Gasteiger partial charge in [0.25, 0.3) is 0 Å². The second kappa shape index (κ2) is 30.6. The number of ketones is 1. The Hall–Kier alpha value is -2.34. The van der Waals surface area contributed by atoms with Crippen molar-refractivity contribution >= 4 is 23.7 Å². The first-order valence-electron chi connectivity index (χ1n) is 14.8. The number of aliphatic hydroxyl groups is 3. The summed E-state index contributed by atoms with van der Waals surface area (Å²) in [7, 11) is 0. The van der Waals surface area contributed by atoms with Crippen molar-refractivity contribution in [1.82, 2.24) is 0 Å². The van der Waals surface area contributed by atoms with E-state index in [-0.39, 0.29) is 37.6 Å². The van der Waals surface area contributed by atoms with Crippen molar-refractivity contribution in [2.24, 2.45) is 0 Å². The van der Waals surface area contributed by atoms with Gasteiger partial charge in [0.1, 0.15) is 12.2 Å². The molecule has 0 aliphatic carbocycles. The minimum Gasteiger partial charge on any atom is -0.481 e. The highest BCUT2D eigenvalue weighted by Crippen LogP contribution is 2.14. The zero-order valence-corrected chi connectivity index (χ0v) is 25.0. The monoisotopic (exact) mass is 592 g/mol. The molecule has 11 heteroatoms. The summed E-state index contributed by atoms with van der Waals surface area (Å²) in [5.41, 5.74) is 0. The molecule has 0 aromatic heterocycles. The van der Waals surface area contributed by atoms with Crippen molar-refractivity contribution in [2.75, 3.05) is 13.2 Å². The highest BCUT2D eigenvalue weighted by Gasteiger charge is 2.35. The highest BCUT2D eigenvalue weighted by molar-refractivity contribution is 5.88. The molecule has 0 saturated carbocycles. The number of carboxylic acid groups (broad SMARTS) is 1. The van der Waals surface area contributed by atoms with Gasteiger partial charge in [-0.3, -0.25) is 19.2 Å². The van der Waals surface area contributed by atoms with E-state index in [2.05, 4.69) is 20.1 Å². The minimum absolute atomic E-state index is 0. The van der Waals surface area contributed by atoms with Gasteiger partial charge >= 0.3 is 17.9 Å². The molecule has 0 rings (SSSR count). The Kier molecular flexibility index (Phi) is 32.2. The lowest BCUT2D eigenvalue weighted by atomic mass is 10.0. The number of aliphatic carboxylic acids is 1. The summed E-state index contributed by atoms with van der Waals surface area (Å²) < 4.78 is 9.93. The fourth-order valence-corrected chi connectivity index (χ4v) is 3.97. The zero-order chi connectivity index (χ0) is 30.6. The van der Waals surface area contributed by atoms with Crippen LogP contribution < -0.4 is 0 Å². The van der Waals surface area contributed by atoms with E-state index < -0.39 is 55.2 Å². The first-order chi connectivity index (χ1) is 19.2. The normalized spacial score (nSPS) is 12.6. The van der Waals surface area contributed by atoms with Crippen LogP contribution in [0.2, 0.25) is 0 Å². The lowest BCUT2D eigenvalue weighted by Crippen LogP contribution is -2.47. The SMILES string of the molecule is C=C.CCCCCCCCCCCCCCCC(=O)O[C@@H](C(=O)COC(=O)CCCCC(=O)O)[C@@H](O)[C@H](O)CO.O. The lowest BCUT2D eigenvalue weighted by Gasteiger charge is -2.24. The van der Waals surface area contributed by atoms with Gasteiger partial charge in [-0.15, -0.1) is 13.2 Å². The first-order valence-corrected chi connectivity index (χ1v) is 14.8. The number of aliphatic hydroxyl groups excluding tert-OH is 3. The van der Waals surface area contributed by atoms with Crippen LogP contribution >= 0.6 is 0 Å². The van der Waals surface area contributed by atoms with Crippen LogP contribution in [0, 0.1) is 0 Å². The van der Waals surface area contributed by atoms with Crippen LogP contribution in [0.1, 0.15) is 122 Å². The largest absolute Gasteiger partial charge is 0.481 e. The lowest BCUT2D eigenvalue weighted by molar-refractivity contribution is -0.171. The third-order valence-electron chi connectivity index (χ3n) is 6.35. The number of hydrogen-bond acceptors (Lipinski definition) is 9.